The van der Waals surface area contributed by atoms with Gasteiger partial charge in [-0.15, -0.1) is 0 Å². The van der Waals surface area contributed by atoms with Gasteiger partial charge in [0.15, 0.2) is 0 Å². The predicted octanol–water partition coefficient (Wildman–Crippen LogP) is 4.33. The first kappa shape index (κ1) is 20.7. The fourth-order valence-corrected chi connectivity index (χ4v) is 4.80. The third-order valence-corrected chi connectivity index (χ3v) is 6.88. The molecule has 1 aliphatic heterocycles. The quantitative estimate of drug-likeness (QED) is 0.377. The lowest BCUT2D eigenvalue weighted by Gasteiger charge is -2.36. The van der Waals surface area contributed by atoms with E-state index in [9.17, 15) is 13.6 Å². The second-order valence-corrected chi connectivity index (χ2v) is 9.06. The largest absolute Gasteiger partial charge is 0.336 e. The summed E-state index contributed by atoms with van der Waals surface area (Å²) in [5, 5.41) is 2.90. The van der Waals surface area contributed by atoms with E-state index in [0.29, 0.717) is 11.1 Å². The standard InChI is InChI=1S/C22H24F2IN3O/c1-27-9-11-28(12-10-27)19-14-22(23,24)18-13-16(7-8-17(18)19)20(25)26-21(29)15-5-3-2-4-6-15/h2-8,13,19-20H,9-12,14H2,1H3,(H,26,29). The van der Waals surface area contributed by atoms with Gasteiger partial charge in [-0.05, 0) is 36.4 Å². The molecule has 1 N–H and O–H groups in total. The smallest absolute Gasteiger partial charge is 0.275 e. The molecule has 0 aromatic heterocycles. The van der Waals surface area contributed by atoms with Crippen LogP contribution in [0.3, 0.4) is 0 Å². The predicted molar refractivity (Wildman–Crippen MR) is 117 cm³/mol. The number of halogens is 3. The summed E-state index contributed by atoms with van der Waals surface area (Å²) < 4.78 is 29.3. The van der Waals surface area contributed by atoms with Crippen molar-refractivity contribution in [1.29, 1.82) is 0 Å². The number of piperazine rings is 1. The van der Waals surface area contributed by atoms with Crippen molar-refractivity contribution >= 4 is 28.5 Å². The number of carbonyl (C=O) groups excluding carboxylic acids is 1. The van der Waals surface area contributed by atoms with Crippen LogP contribution in [0.25, 0.3) is 0 Å². The van der Waals surface area contributed by atoms with E-state index in [1.807, 2.05) is 18.2 Å². The maximum Gasteiger partial charge on any atom is 0.275 e. The molecule has 0 bridgehead atoms. The van der Waals surface area contributed by atoms with Gasteiger partial charge < -0.3 is 10.2 Å². The summed E-state index contributed by atoms with van der Waals surface area (Å²) in [5.41, 5.74) is 2.07. The first-order chi connectivity index (χ1) is 13.8. The van der Waals surface area contributed by atoms with Gasteiger partial charge in [-0.3, -0.25) is 9.69 Å². The van der Waals surface area contributed by atoms with Crippen LogP contribution in [0.15, 0.2) is 48.5 Å². The first-order valence-corrected chi connectivity index (χ1v) is 11.0. The van der Waals surface area contributed by atoms with Gasteiger partial charge >= 0.3 is 0 Å². The lowest BCUT2D eigenvalue weighted by molar-refractivity contribution is -0.0257. The Balaban J connectivity index is 1.53. The Morgan fingerprint density at radius 2 is 1.83 bits per heavy atom. The van der Waals surface area contributed by atoms with E-state index in [4.69, 9.17) is 0 Å². The van der Waals surface area contributed by atoms with Crippen LogP contribution >= 0.6 is 22.6 Å². The summed E-state index contributed by atoms with van der Waals surface area (Å²) in [6, 6.07) is 13.9. The van der Waals surface area contributed by atoms with Gasteiger partial charge in [0.2, 0.25) is 0 Å². The molecule has 154 valence electrons. The fraction of sp³-hybridized carbons (Fsp3) is 0.409. The average Bonchev–Trinajstić information content (AvgIpc) is 2.99. The molecule has 4 rings (SSSR count). The Hall–Kier alpha value is -1.58. The monoisotopic (exact) mass is 511 g/mol. The van der Waals surface area contributed by atoms with Crippen molar-refractivity contribution < 1.29 is 13.6 Å². The van der Waals surface area contributed by atoms with Crippen molar-refractivity contribution in [3.05, 3.63) is 70.8 Å². The minimum absolute atomic E-state index is 0.106. The Kier molecular flexibility index (Phi) is 5.90. The minimum atomic E-state index is -2.85. The zero-order valence-corrected chi connectivity index (χ0v) is 18.4. The molecule has 1 saturated heterocycles. The van der Waals surface area contributed by atoms with Crippen molar-refractivity contribution in [3.8, 4) is 0 Å². The van der Waals surface area contributed by atoms with Crippen molar-refractivity contribution in [1.82, 2.24) is 15.1 Å². The van der Waals surface area contributed by atoms with Crippen LogP contribution in [-0.2, 0) is 5.92 Å². The van der Waals surface area contributed by atoms with E-state index in [-0.39, 0.29) is 28.0 Å². The zero-order valence-electron chi connectivity index (χ0n) is 16.2. The second-order valence-electron chi connectivity index (χ2n) is 7.81. The molecule has 2 aliphatic rings. The number of rotatable bonds is 4. The number of hydrogen-bond acceptors (Lipinski definition) is 3. The maximum atomic E-state index is 14.9. The minimum Gasteiger partial charge on any atom is -0.336 e. The summed E-state index contributed by atoms with van der Waals surface area (Å²) in [7, 11) is 2.06. The number of amides is 1. The number of carbonyl (C=O) groups is 1. The van der Waals surface area contributed by atoms with Crippen LogP contribution in [0.4, 0.5) is 8.78 Å². The Bertz CT molecular complexity index is 885. The summed E-state index contributed by atoms with van der Waals surface area (Å²) in [4.78, 5) is 16.8. The third-order valence-electron chi connectivity index (χ3n) is 5.85. The number of nitrogens with zero attached hydrogens (tertiary/aromatic N) is 2. The van der Waals surface area contributed by atoms with E-state index in [0.717, 1.165) is 31.7 Å². The average molecular weight is 511 g/mol. The highest BCUT2D eigenvalue weighted by Gasteiger charge is 2.47. The lowest BCUT2D eigenvalue weighted by atomic mass is 10.0. The van der Waals surface area contributed by atoms with E-state index < -0.39 is 5.92 Å². The molecule has 7 heteroatoms. The van der Waals surface area contributed by atoms with Crippen molar-refractivity contribution in [2.45, 2.75) is 22.4 Å². The Morgan fingerprint density at radius 3 is 2.52 bits per heavy atom. The highest BCUT2D eigenvalue weighted by Crippen LogP contribution is 2.50. The van der Waals surface area contributed by atoms with Gasteiger partial charge in [0.25, 0.3) is 11.8 Å². The van der Waals surface area contributed by atoms with Gasteiger partial charge in [-0.1, -0.05) is 52.9 Å². The number of benzene rings is 2. The molecule has 2 atom stereocenters. The van der Waals surface area contributed by atoms with Gasteiger partial charge in [-0.2, -0.15) is 0 Å². The van der Waals surface area contributed by atoms with Crippen LogP contribution in [0.5, 0.6) is 0 Å². The van der Waals surface area contributed by atoms with E-state index >= 15 is 0 Å². The maximum absolute atomic E-state index is 14.9. The zero-order chi connectivity index (χ0) is 20.6. The summed E-state index contributed by atoms with van der Waals surface area (Å²) in [6.45, 7) is 3.41. The lowest BCUT2D eigenvalue weighted by Crippen LogP contribution is -2.45. The van der Waals surface area contributed by atoms with E-state index in [2.05, 4.69) is 44.8 Å². The van der Waals surface area contributed by atoms with E-state index in [1.54, 1.807) is 30.3 Å². The summed E-state index contributed by atoms with van der Waals surface area (Å²) >= 11 is 2.08. The Morgan fingerprint density at radius 1 is 1.14 bits per heavy atom. The molecule has 2 aromatic carbocycles. The van der Waals surface area contributed by atoms with Crippen LogP contribution < -0.4 is 5.32 Å². The number of likely N-dealkylation sites (N-methyl/N-ethyl adjacent to an activating group) is 1. The molecule has 0 saturated carbocycles. The second kappa shape index (κ2) is 8.28. The van der Waals surface area contributed by atoms with Gasteiger partial charge in [-0.25, -0.2) is 8.78 Å². The molecule has 1 heterocycles. The number of nitrogens with one attached hydrogen (secondary N) is 1. The van der Waals surface area contributed by atoms with Crippen LogP contribution in [0.2, 0.25) is 0 Å². The molecular weight excluding hydrogens is 487 g/mol. The molecule has 0 radical (unpaired) electrons. The van der Waals surface area contributed by atoms with Gasteiger partial charge in [0.05, 0.1) is 0 Å². The molecule has 1 fully saturated rings. The van der Waals surface area contributed by atoms with Crippen molar-refractivity contribution in [2.75, 3.05) is 33.2 Å². The fourth-order valence-electron chi connectivity index (χ4n) is 4.13. The van der Waals surface area contributed by atoms with Gasteiger partial charge in [0.1, 0.15) is 4.05 Å². The molecule has 2 aromatic rings. The molecule has 29 heavy (non-hydrogen) atoms. The normalized spacial score (nSPS) is 22.8. The van der Waals surface area contributed by atoms with Gasteiger partial charge in [0, 0.05) is 49.8 Å². The van der Waals surface area contributed by atoms with Crippen LogP contribution in [-0.4, -0.2) is 48.9 Å². The van der Waals surface area contributed by atoms with Crippen molar-refractivity contribution in [3.63, 3.8) is 0 Å². The number of fused-ring (bicyclic) bond motifs is 1. The van der Waals surface area contributed by atoms with Crippen molar-refractivity contribution in [2.24, 2.45) is 0 Å². The SMILES string of the molecule is CN1CCN(C2CC(F)(F)c3cc(C(I)NC(=O)c4ccccc4)ccc32)CC1. The molecule has 1 aliphatic carbocycles. The molecule has 2 unspecified atom stereocenters. The highest BCUT2D eigenvalue weighted by atomic mass is 127. The molecule has 0 spiro atoms. The van der Waals surface area contributed by atoms with Crippen LogP contribution in [0.1, 0.15) is 43.6 Å². The molecule has 1 amide bonds. The number of alkyl halides is 3. The summed E-state index contributed by atoms with van der Waals surface area (Å²) in [5.74, 6) is -3.06. The first-order valence-electron chi connectivity index (χ1n) is 9.80. The van der Waals surface area contributed by atoms with Crippen LogP contribution in [0, 0.1) is 0 Å². The summed E-state index contributed by atoms with van der Waals surface area (Å²) in [6.07, 6.45) is -0.169. The number of hydrogen-bond donors (Lipinski definition) is 1. The third kappa shape index (κ3) is 4.32. The highest BCUT2D eigenvalue weighted by molar-refractivity contribution is 14.1. The molecule has 4 nitrogen and oxygen atoms in total. The topological polar surface area (TPSA) is 35.6 Å². The van der Waals surface area contributed by atoms with E-state index in [1.165, 1.54) is 0 Å². The molecular formula is C22H24F2IN3O. The Labute approximate surface area is 183 Å².